The first-order chi connectivity index (χ1) is 11.9. The molecule has 0 unspecified atom stereocenters. The van der Waals surface area contributed by atoms with Crippen molar-refractivity contribution in [3.8, 4) is 5.69 Å². The predicted octanol–water partition coefficient (Wildman–Crippen LogP) is 4.62. The van der Waals surface area contributed by atoms with Crippen LogP contribution in [0.1, 0.15) is 17.0 Å². The van der Waals surface area contributed by atoms with Gasteiger partial charge in [0.05, 0.1) is 10.6 Å². The number of hydrogen-bond acceptors (Lipinski definition) is 3. The average molecular weight is 372 g/mol. The van der Waals surface area contributed by atoms with E-state index in [0.29, 0.717) is 21.5 Å². The summed E-state index contributed by atoms with van der Waals surface area (Å²) in [5.74, 6) is -0.404. The minimum absolute atomic E-state index is 0.120. The minimum Gasteiger partial charge on any atom is -0.315 e. The zero-order valence-corrected chi connectivity index (χ0v) is 15.6. The van der Waals surface area contributed by atoms with Crippen molar-refractivity contribution in [3.05, 3.63) is 70.7 Å². The highest BCUT2D eigenvalue weighted by Crippen LogP contribution is 2.34. The van der Waals surface area contributed by atoms with Crippen LogP contribution in [-0.4, -0.2) is 26.2 Å². The number of carbonyl (C=O) groups excluding carboxylic acids is 1. The zero-order valence-electron chi connectivity index (χ0n) is 14.0. The molecule has 0 saturated carbocycles. The van der Waals surface area contributed by atoms with E-state index in [1.807, 2.05) is 30.6 Å². The van der Waals surface area contributed by atoms with Crippen molar-refractivity contribution in [2.75, 3.05) is 6.54 Å². The molecule has 1 aromatic heterocycles. The second kappa shape index (κ2) is 6.98. The number of hydrogen-bond donors (Lipinski definition) is 0. The molecule has 1 aliphatic rings. The van der Waals surface area contributed by atoms with Crippen LogP contribution in [0.15, 0.2) is 47.9 Å². The van der Waals surface area contributed by atoms with E-state index in [2.05, 4.69) is 6.58 Å². The normalized spacial score (nSPS) is 16.1. The molecule has 1 aromatic carbocycles. The van der Waals surface area contributed by atoms with Crippen molar-refractivity contribution in [1.82, 2.24) is 9.47 Å². The van der Waals surface area contributed by atoms with Crippen molar-refractivity contribution >= 4 is 40.3 Å². The molecule has 1 aliphatic heterocycles. The fraction of sp³-hybridized carbons (Fsp3) is 0.158. The van der Waals surface area contributed by atoms with Crippen LogP contribution in [0.25, 0.3) is 11.8 Å². The summed E-state index contributed by atoms with van der Waals surface area (Å²) in [5.41, 5.74) is 3.14. The lowest BCUT2D eigenvalue weighted by Gasteiger charge is -2.11. The first-order valence-corrected chi connectivity index (χ1v) is 8.96. The van der Waals surface area contributed by atoms with Crippen molar-refractivity contribution in [3.63, 3.8) is 0 Å². The van der Waals surface area contributed by atoms with Gasteiger partial charge in [-0.3, -0.25) is 9.69 Å². The number of benzene rings is 1. The van der Waals surface area contributed by atoms with E-state index >= 15 is 0 Å². The molecule has 6 heteroatoms. The molecule has 0 aliphatic carbocycles. The van der Waals surface area contributed by atoms with Crippen molar-refractivity contribution in [2.45, 2.75) is 13.8 Å². The molecule has 2 aromatic rings. The van der Waals surface area contributed by atoms with Gasteiger partial charge in [0, 0.05) is 17.9 Å². The Morgan fingerprint density at radius 2 is 2.04 bits per heavy atom. The number of nitrogens with zero attached hydrogens (tertiary/aromatic N) is 2. The second-order valence-corrected chi connectivity index (χ2v) is 7.37. The van der Waals surface area contributed by atoms with Crippen molar-refractivity contribution in [1.29, 1.82) is 0 Å². The molecule has 3 nitrogen and oxygen atoms in total. The topological polar surface area (TPSA) is 25.2 Å². The molecule has 1 amide bonds. The highest BCUT2D eigenvalue weighted by molar-refractivity contribution is 8.26. The maximum absolute atomic E-state index is 14.2. The van der Waals surface area contributed by atoms with E-state index in [4.69, 9.17) is 12.2 Å². The zero-order chi connectivity index (χ0) is 18.1. The summed E-state index contributed by atoms with van der Waals surface area (Å²) in [6.07, 6.45) is 3.47. The van der Waals surface area contributed by atoms with Gasteiger partial charge >= 0.3 is 0 Å². The smallest absolute Gasteiger partial charge is 0.266 e. The maximum Gasteiger partial charge on any atom is 0.266 e. The molecular formula is C19H17FN2OS2. The molecule has 0 atom stereocenters. The Bertz CT molecular complexity index is 914. The first kappa shape index (κ1) is 17.6. The maximum atomic E-state index is 14.2. The Kier molecular flexibility index (Phi) is 4.92. The number of carbonyl (C=O) groups is 1. The molecule has 0 bridgehead atoms. The molecule has 1 saturated heterocycles. The first-order valence-electron chi connectivity index (χ1n) is 7.74. The van der Waals surface area contributed by atoms with Gasteiger partial charge < -0.3 is 4.57 Å². The van der Waals surface area contributed by atoms with Crippen molar-refractivity contribution < 1.29 is 9.18 Å². The molecule has 0 N–H and O–H groups in total. The lowest BCUT2D eigenvalue weighted by molar-refractivity contribution is -0.121. The van der Waals surface area contributed by atoms with Gasteiger partial charge in [0.2, 0.25) is 0 Å². The van der Waals surface area contributed by atoms with Crippen molar-refractivity contribution in [2.24, 2.45) is 0 Å². The van der Waals surface area contributed by atoms with Gasteiger partial charge in [-0.25, -0.2) is 4.39 Å². The summed E-state index contributed by atoms with van der Waals surface area (Å²) in [4.78, 5) is 14.6. The van der Waals surface area contributed by atoms with Gasteiger partial charge in [-0.2, -0.15) is 0 Å². The Hall–Kier alpha value is -2.18. The summed E-state index contributed by atoms with van der Waals surface area (Å²) in [6, 6.07) is 8.59. The number of para-hydroxylation sites is 1. The molecule has 3 rings (SSSR count). The Morgan fingerprint density at radius 1 is 1.32 bits per heavy atom. The third kappa shape index (κ3) is 3.19. The Balaban J connectivity index is 2.02. The van der Waals surface area contributed by atoms with Gasteiger partial charge in [-0.15, -0.1) is 6.58 Å². The Labute approximate surface area is 155 Å². The summed E-state index contributed by atoms with van der Waals surface area (Å²) in [5, 5.41) is 0. The van der Waals surface area contributed by atoms with Crippen LogP contribution in [-0.2, 0) is 4.79 Å². The number of thiocarbonyl (C=S) groups is 1. The molecular weight excluding hydrogens is 355 g/mol. The largest absolute Gasteiger partial charge is 0.315 e. The average Bonchev–Trinajstić information content (AvgIpc) is 2.99. The number of thioether (sulfide) groups is 1. The molecule has 1 fully saturated rings. The molecule has 2 heterocycles. The van der Waals surface area contributed by atoms with Crippen LogP contribution in [0.5, 0.6) is 0 Å². The SMILES string of the molecule is C=CCN1C(=O)/C(=C/c2cc(C)n(-c3ccccc3F)c2C)SC1=S. The minimum atomic E-state index is -0.284. The summed E-state index contributed by atoms with van der Waals surface area (Å²) in [7, 11) is 0. The summed E-state index contributed by atoms with van der Waals surface area (Å²) >= 11 is 6.54. The van der Waals surface area contributed by atoms with E-state index in [-0.39, 0.29) is 11.7 Å². The van der Waals surface area contributed by atoms with E-state index in [0.717, 1.165) is 17.0 Å². The van der Waals surface area contributed by atoms with Crippen LogP contribution in [0, 0.1) is 19.7 Å². The Morgan fingerprint density at radius 3 is 2.72 bits per heavy atom. The molecule has 0 spiro atoms. The highest BCUT2D eigenvalue weighted by Gasteiger charge is 2.31. The monoisotopic (exact) mass is 372 g/mol. The van der Waals surface area contributed by atoms with Crippen LogP contribution in [0.4, 0.5) is 4.39 Å². The lowest BCUT2D eigenvalue weighted by atomic mass is 10.2. The summed E-state index contributed by atoms with van der Waals surface area (Å²) in [6.45, 7) is 7.88. The van der Waals surface area contributed by atoms with Crippen LogP contribution in [0.2, 0.25) is 0 Å². The van der Waals surface area contributed by atoms with Gasteiger partial charge in [0.25, 0.3) is 5.91 Å². The predicted molar refractivity (Wildman–Crippen MR) is 105 cm³/mol. The van der Waals surface area contributed by atoms with E-state index < -0.39 is 0 Å². The van der Waals surface area contributed by atoms with Gasteiger partial charge in [0.1, 0.15) is 10.1 Å². The number of aryl methyl sites for hydroxylation is 1. The second-order valence-electron chi connectivity index (χ2n) is 5.69. The number of aromatic nitrogens is 1. The van der Waals surface area contributed by atoms with E-state index in [9.17, 15) is 9.18 Å². The lowest BCUT2D eigenvalue weighted by Crippen LogP contribution is -2.27. The molecule has 0 radical (unpaired) electrons. The third-order valence-corrected chi connectivity index (χ3v) is 5.41. The third-order valence-electron chi connectivity index (χ3n) is 4.04. The van der Waals surface area contributed by atoms with Gasteiger partial charge in [-0.1, -0.05) is 42.2 Å². The quantitative estimate of drug-likeness (QED) is 0.445. The van der Waals surface area contributed by atoms with Crippen LogP contribution < -0.4 is 0 Å². The number of halogens is 1. The highest BCUT2D eigenvalue weighted by atomic mass is 32.2. The standard InChI is InChI=1S/C19H17FN2OS2/c1-4-9-21-18(23)17(25-19(21)24)11-14-10-12(2)22(13(14)3)16-8-6-5-7-15(16)20/h4-8,10-11H,1,9H2,2-3H3/b17-11-. The van der Waals surface area contributed by atoms with Gasteiger partial charge in [-0.05, 0) is 43.7 Å². The summed E-state index contributed by atoms with van der Waals surface area (Å²) < 4.78 is 16.6. The fourth-order valence-corrected chi connectivity index (χ4v) is 4.13. The molecule has 128 valence electrons. The number of amides is 1. The molecule has 25 heavy (non-hydrogen) atoms. The fourth-order valence-electron chi connectivity index (χ4n) is 2.87. The van der Waals surface area contributed by atoms with Gasteiger partial charge in [0.15, 0.2) is 0 Å². The number of rotatable bonds is 4. The van der Waals surface area contributed by atoms with E-state index in [1.54, 1.807) is 24.3 Å². The van der Waals surface area contributed by atoms with Crippen LogP contribution >= 0.6 is 24.0 Å². The van der Waals surface area contributed by atoms with E-state index in [1.165, 1.54) is 22.7 Å². The van der Waals surface area contributed by atoms with Crippen LogP contribution in [0.3, 0.4) is 0 Å².